The highest BCUT2D eigenvalue weighted by Crippen LogP contribution is 2.27. The predicted molar refractivity (Wildman–Crippen MR) is 76.0 cm³/mol. The van der Waals surface area contributed by atoms with Crippen LogP contribution in [0.15, 0.2) is 29.2 Å². The molecule has 1 aromatic rings. The van der Waals surface area contributed by atoms with E-state index < -0.39 is 22.2 Å². The number of anilines is 1. The molecule has 0 aromatic heterocycles. The van der Waals surface area contributed by atoms with Crippen molar-refractivity contribution < 1.29 is 18.6 Å². The first-order valence-electron chi connectivity index (χ1n) is 6.66. The van der Waals surface area contributed by atoms with Crippen molar-refractivity contribution in [3.8, 4) is 0 Å². The van der Waals surface area contributed by atoms with Gasteiger partial charge in [0.15, 0.2) is 0 Å². The first kappa shape index (κ1) is 15.2. The highest BCUT2D eigenvalue weighted by Gasteiger charge is 2.38. The third-order valence-electron chi connectivity index (χ3n) is 3.30. The van der Waals surface area contributed by atoms with Gasteiger partial charge in [-0.1, -0.05) is 19.1 Å². The minimum Gasteiger partial charge on any atom is -0.389 e. The number of nitrogens with zero attached hydrogens (tertiary/aromatic N) is 1. The maximum atomic E-state index is 12.6. The van der Waals surface area contributed by atoms with E-state index in [0.717, 1.165) is 10.7 Å². The average Bonchev–Trinajstić information content (AvgIpc) is 2.77. The molecule has 1 aliphatic heterocycles. The maximum absolute atomic E-state index is 12.6. The van der Waals surface area contributed by atoms with Crippen LogP contribution < -0.4 is 5.32 Å². The van der Waals surface area contributed by atoms with E-state index in [0.29, 0.717) is 12.2 Å². The van der Waals surface area contributed by atoms with E-state index in [1.165, 1.54) is 6.07 Å². The van der Waals surface area contributed by atoms with Gasteiger partial charge >= 0.3 is 0 Å². The van der Waals surface area contributed by atoms with Gasteiger partial charge in [-0.2, -0.15) is 4.31 Å². The molecule has 112 valence electrons. The molecule has 0 spiro atoms. The van der Waals surface area contributed by atoms with Crippen LogP contribution >= 0.6 is 0 Å². The van der Waals surface area contributed by atoms with Crippen molar-refractivity contribution in [3.05, 3.63) is 24.3 Å². The molecule has 1 heterocycles. The Balaban J connectivity index is 2.30. The van der Waals surface area contributed by atoms with E-state index >= 15 is 0 Å². The van der Waals surface area contributed by atoms with Crippen molar-refractivity contribution in [2.45, 2.75) is 30.4 Å². The smallest absolute Gasteiger partial charge is 0.245 e. The summed E-state index contributed by atoms with van der Waals surface area (Å²) in [5.74, 6) is 0. The summed E-state index contributed by atoms with van der Waals surface area (Å²) in [6.45, 7) is 2.52. The van der Waals surface area contributed by atoms with E-state index in [1.807, 2.05) is 6.92 Å². The van der Waals surface area contributed by atoms with Crippen LogP contribution in [-0.4, -0.2) is 54.8 Å². The van der Waals surface area contributed by atoms with Crippen LogP contribution in [0.2, 0.25) is 0 Å². The Bertz CT molecular complexity index is 551. The quantitative estimate of drug-likeness (QED) is 0.724. The zero-order chi connectivity index (χ0) is 14.8. The second kappa shape index (κ2) is 6.09. The first-order chi connectivity index (χ1) is 9.46. The molecule has 2 unspecified atom stereocenters. The molecule has 0 saturated carbocycles. The van der Waals surface area contributed by atoms with Gasteiger partial charge in [-0.15, -0.1) is 0 Å². The molecule has 0 amide bonds. The summed E-state index contributed by atoms with van der Waals surface area (Å²) in [7, 11) is -3.71. The van der Waals surface area contributed by atoms with Gasteiger partial charge in [0.25, 0.3) is 0 Å². The number of hydrogen-bond acceptors (Lipinski definition) is 5. The third kappa shape index (κ3) is 2.95. The number of sulfonamides is 1. The Labute approximate surface area is 119 Å². The molecule has 20 heavy (non-hydrogen) atoms. The van der Waals surface area contributed by atoms with Gasteiger partial charge in [0.1, 0.15) is 4.90 Å². The summed E-state index contributed by atoms with van der Waals surface area (Å²) in [5, 5.41) is 22.1. The van der Waals surface area contributed by atoms with Crippen molar-refractivity contribution in [1.29, 1.82) is 0 Å². The monoisotopic (exact) mass is 300 g/mol. The fourth-order valence-corrected chi connectivity index (χ4v) is 3.81. The fourth-order valence-electron chi connectivity index (χ4n) is 2.17. The van der Waals surface area contributed by atoms with Crippen molar-refractivity contribution in [3.63, 3.8) is 0 Å². The lowest BCUT2D eigenvalue weighted by Crippen LogP contribution is -2.30. The number of β-amino-alcohol motifs (C(OH)–C–C–N with tert-alkyl or cyclic N) is 2. The molecule has 2 atom stereocenters. The molecule has 6 nitrogen and oxygen atoms in total. The van der Waals surface area contributed by atoms with Gasteiger partial charge in [-0.3, -0.25) is 0 Å². The Morgan fingerprint density at radius 1 is 1.25 bits per heavy atom. The molecule has 0 radical (unpaired) electrons. The van der Waals surface area contributed by atoms with Crippen LogP contribution in [-0.2, 0) is 10.0 Å². The van der Waals surface area contributed by atoms with Crippen LogP contribution in [0.25, 0.3) is 0 Å². The summed E-state index contributed by atoms with van der Waals surface area (Å²) in [4.78, 5) is 0.176. The fraction of sp³-hybridized carbons (Fsp3) is 0.538. The van der Waals surface area contributed by atoms with Crippen LogP contribution in [0, 0.1) is 0 Å². The minimum atomic E-state index is -3.71. The molecular formula is C13H20N2O4S. The number of nitrogens with one attached hydrogen (secondary N) is 1. The Kier molecular flexibility index (Phi) is 4.64. The van der Waals surface area contributed by atoms with E-state index in [9.17, 15) is 18.6 Å². The van der Waals surface area contributed by atoms with Crippen LogP contribution in [0.4, 0.5) is 5.69 Å². The van der Waals surface area contributed by atoms with Crippen LogP contribution in [0.3, 0.4) is 0 Å². The van der Waals surface area contributed by atoms with E-state index in [2.05, 4.69) is 5.32 Å². The largest absolute Gasteiger partial charge is 0.389 e. The zero-order valence-electron chi connectivity index (χ0n) is 11.4. The zero-order valence-corrected chi connectivity index (χ0v) is 12.2. The summed E-state index contributed by atoms with van der Waals surface area (Å²) in [6, 6.07) is 6.67. The second-order valence-corrected chi connectivity index (χ2v) is 6.79. The van der Waals surface area contributed by atoms with E-state index in [-0.39, 0.29) is 18.0 Å². The molecule has 0 bridgehead atoms. The molecule has 0 aliphatic carbocycles. The van der Waals surface area contributed by atoms with Gasteiger partial charge < -0.3 is 15.5 Å². The van der Waals surface area contributed by atoms with Gasteiger partial charge in [-0.05, 0) is 18.6 Å². The van der Waals surface area contributed by atoms with Crippen molar-refractivity contribution in [2.75, 3.05) is 25.0 Å². The van der Waals surface area contributed by atoms with Gasteiger partial charge in [-0.25, -0.2) is 8.42 Å². The topological polar surface area (TPSA) is 89.9 Å². The van der Waals surface area contributed by atoms with E-state index in [1.54, 1.807) is 18.2 Å². The maximum Gasteiger partial charge on any atom is 0.245 e. The highest BCUT2D eigenvalue weighted by atomic mass is 32.2. The van der Waals surface area contributed by atoms with Crippen molar-refractivity contribution in [1.82, 2.24) is 4.31 Å². The Morgan fingerprint density at radius 3 is 2.45 bits per heavy atom. The number of rotatable bonds is 5. The summed E-state index contributed by atoms with van der Waals surface area (Å²) in [6.07, 6.45) is -1.17. The number of aliphatic hydroxyl groups is 2. The Hall–Kier alpha value is -1.15. The van der Waals surface area contributed by atoms with Crippen LogP contribution in [0.5, 0.6) is 0 Å². The van der Waals surface area contributed by atoms with Crippen molar-refractivity contribution >= 4 is 15.7 Å². The average molecular weight is 300 g/mol. The van der Waals surface area contributed by atoms with E-state index in [4.69, 9.17) is 0 Å². The highest BCUT2D eigenvalue weighted by molar-refractivity contribution is 7.89. The molecule has 1 aliphatic rings. The standard InChI is InChI=1S/C13H20N2O4S/c1-2-7-14-10-5-3-4-6-13(10)20(18,19)15-8-11(16)12(17)9-15/h3-6,11-12,14,16-17H,2,7-9H2,1H3. The molecular weight excluding hydrogens is 280 g/mol. The summed E-state index contributed by atoms with van der Waals surface area (Å²) < 4.78 is 26.3. The van der Waals surface area contributed by atoms with Crippen molar-refractivity contribution in [2.24, 2.45) is 0 Å². The lowest BCUT2D eigenvalue weighted by molar-refractivity contribution is 0.0572. The molecule has 7 heteroatoms. The van der Waals surface area contributed by atoms with Gasteiger partial charge in [0, 0.05) is 19.6 Å². The lowest BCUT2D eigenvalue weighted by Gasteiger charge is -2.18. The minimum absolute atomic E-state index is 0.0778. The third-order valence-corrected chi connectivity index (χ3v) is 5.19. The van der Waals surface area contributed by atoms with Gasteiger partial charge in [0.2, 0.25) is 10.0 Å². The summed E-state index contributed by atoms with van der Waals surface area (Å²) in [5.41, 5.74) is 0.547. The molecule has 1 saturated heterocycles. The van der Waals surface area contributed by atoms with Gasteiger partial charge in [0.05, 0.1) is 17.9 Å². The summed E-state index contributed by atoms with van der Waals surface area (Å²) >= 11 is 0. The molecule has 3 N–H and O–H groups in total. The number of para-hydroxylation sites is 1. The lowest BCUT2D eigenvalue weighted by atomic mass is 10.3. The SMILES string of the molecule is CCCNc1ccccc1S(=O)(=O)N1CC(O)C(O)C1. The number of aliphatic hydroxyl groups excluding tert-OH is 2. The first-order valence-corrected chi connectivity index (χ1v) is 8.10. The molecule has 2 rings (SSSR count). The number of hydrogen-bond donors (Lipinski definition) is 3. The predicted octanol–water partition coefficient (Wildman–Crippen LogP) is 0.235. The second-order valence-electron chi connectivity index (χ2n) is 4.88. The molecule has 1 fully saturated rings. The van der Waals surface area contributed by atoms with Crippen LogP contribution in [0.1, 0.15) is 13.3 Å². The normalized spacial score (nSPS) is 23.9. The Morgan fingerprint density at radius 2 is 1.85 bits per heavy atom. The molecule has 1 aromatic carbocycles. The number of benzene rings is 1.